The minimum absolute atomic E-state index is 0.775. The Morgan fingerprint density at radius 1 is 0.304 bits per heavy atom. The summed E-state index contributed by atoms with van der Waals surface area (Å²) in [5, 5.41) is 175. The van der Waals surface area contributed by atoms with Crippen molar-refractivity contribution in [2.75, 3.05) is 33.0 Å². The second-order valence-electron chi connectivity index (χ2n) is 14.0. The molecule has 0 bridgehead atoms. The highest BCUT2D eigenvalue weighted by atomic mass is 16.8. The van der Waals surface area contributed by atoms with Crippen LogP contribution in [0.3, 0.4) is 0 Å². The number of hydrogen-bond donors (Lipinski definition) is 17. The monoisotopic (exact) mass is 828 g/mol. The molecule has 5 rings (SSSR count). The molecule has 0 aromatic carbocycles. The number of ether oxygens (including phenoxy) is 9. The van der Waals surface area contributed by atoms with Gasteiger partial charge in [0.1, 0.15) is 122 Å². The first kappa shape index (κ1) is 46.0. The fourth-order valence-electron chi connectivity index (χ4n) is 6.78. The molecular weight excluding hydrogens is 776 g/mol. The maximum atomic E-state index is 10.8. The average molecular weight is 829 g/mol. The van der Waals surface area contributed by atoms with Crippen molar-refractivity contribution < 1.29 is 129 Å². The van der Waals surface area contributed by atoms with Gasteiger partial charge in [0.15, 0.2) is 31.5 Å². The Hall–Kier alpha value is -1.04. The first-order chi connectivity index (χ1) is 26.4. The number of aliphatic hydroxyl groups excluding tert-OH is 17. The fourth-order valence-corrected chi connectivity index (χ4v) is 6.78. The van der Waals surface area contributed by atoms with Crippen molar-refractivity contribution in [1.29, 1.82) is 0 Å². The van der Waals surface area contributed by atoms with E-state index in [0.717, 1.165) is 0 Å². The molecule has 5 saturated heterocycles. The molecule has 26 nitrogen and oxygen atoms in total. The summed E-state index contributed by atoms with van der Waals surface area (Å²) in [5.74, 6) is 0. The molecule has 0 amide bonds. The van der Waals surface area contributed by atoms with Gasteiger partial charge in [0.2, 0.25) is 0 Å². The van der Waals surface area contributed by atoms with Gasteiger partial charge < -0.3 is 129 Å². The van der Waals surface area contributed by atoms with E-state index in [0.29, 0.717) is 0 Å². The summed E-state index contributed by atoms with van der Waals surface area (Å²) < 4.78 is 48.9. The summed E-state index contributed by atoms with van der Waals surface area (Å²) in [6, 6.07) is 0. The van der Waals surface area contributed by atoms with Gasteiger partial charge in [-0.2, -0.15) is 0 Å². The molecule has 0 aromatic heterocycles. The van der Waals surface area contributed by atoms with Crippen molar-refractivity contribution in [3.63, 3.8) is 0 Å². The first-order valence-electron chi connectivity index (χ1n) is 17.6. The zero-order valence-corrected chi connectivity index (χ0v) is 29.2. The van der Waals surface area contributed by atoms with Crippen LogP contribution in [0.15, 0.2) is 0 Å². The van der Waals surface area contributed by atoms with Gasteiger partial charge in [0.05, 0.1) is 33.0 Å². The fraction of sp³-hybridized carbons (Fsp3) is 1.00. The lowest BCUT2D eigenvalue weighted by molar-refractivity contribution is -0.375. The topological polar surface area (TPSA) is 427 Å². The second-order valence-corrected chi connectivity index (χ2v) is 14.0. The number of aliphatic hydroxyl groups is 17. The summed E-state index contributed by atoms with van der Waals surface area (Å²) in [5.41, 5.74) is 0. The molecule has 0 unspecified atom stereocenters. The zero-order valence-electron chi connectivity index (χ0n) is 29.2. The Morgan fingerprint density at radius 2 is 0.625 bits per heavy atom. The van der Waals surface area contributed by atoms with Crippen LogP contribution in [0.2, 0.25) is 0 Å². The molecule has 5 aliphatic rings. The lowest BCUT2D eigenvalue weighted by atomic mass is 9.97. The van der Waals surface area contributed by atoms with Gasteiger partial charge in [-0.15, -0.1) is 0 Å². The predicted molar refractivity (Wildman–Crippen MR) is 167 cm³/mol. The zero-order chi connectivity index (χ0) is 41.3. The van der Waals surface area contributed by atoms with Crippen LogP contribution in [0.1, 0.15) is 0 Å². The minimum atomic E-state index is -2.06. The van der Waals surface area contributed by atoms with Crippen LogP contribution in [-0.2, 0) is 42.6 Å². The third kappa shape index (κ3) is 9.46. The van der Waals surface area contributed by atoms with Gasteiger partial charge in [-0.1, -0.05) is 0 Å². The Morgan fingerprint density at radius 3 is 1.11 bits per heavy atom. The van der Waals surface area contributed by atoms with E-state index in [4.69, 9.17) is 42.6 Å². The molecule has 56 heavy (non-hydrogen) atoms. The normalized spacial score (nSPS) is 53.2. The van der Waals surface area contributed by atoms with Crippen LogP contribution in [0.5, 0.6) is 0 Å². The molecule has 25 atom stereocenters. The summed E-state index contributed by atoms with van der Waals surface area (Å²) in [7, 11) is 0. The summed E-state index contributed by atoms with van der Waals surface area (Å²) >= 11 is 0. The summed E-state index contributed by atoms with van der Waals surface area (Å²) in [4.78, 5) is 0. The SMILES string of the molecule is OC[C@H]1O[C@H](O[C@@H]2[C@@H](OC[C@H]3O[C@H](OC[C@H]4O[C@H](O)[C@@H](O[C@H]5O[C@H](CO)[C@@H](O)[C@H](O)[C@@H]5O)[C@@H](O)[C@@H]4O)[C@@H](O)[C@@H](O)[C@@H]3O)O[C@H](CO)[C@@H](O)[C@@H]2O)[C@@H](O)[C@@H](O)[C@@H]1O. The smallest absolute Gasteiger partial charge is 0.187 e. The van der Waals surface area contributed by atoms with Gasteiger partial charge in [0, 0.05) is 0 Å². The maximum absolute atomic E-state index is 10.8. The molecule has 0 aliphatic carbocycles. The highest BCUT2D eigenvalue weighted by molar-refractivity contribution is 4.96. The first-order valence-corrected chi connectivity index (χ1v) is 17.6. The average Bonchev–Trinajstić information content (AvgIpc) is 3.18. The van der Waals surface area contributed by atoms with Crippen LogP contribution in [0.4, 0.5) is 0 Å². The van der Waals surface area contributed by atoms with Gasteiger partial charge >= 0.3 is 0 Å². The molecule has 0 saturated carbocycles. The van der Waals surface area contributed by atoms with Crippen molar-refractivity contribution in [3.05, 3.63) is 0 Å². The standard InChI is InChI=1S/C30H52O26/c31-1-6-11(34)16(39)22(45)28(51-6)55-24-19(42)15(38)9(50-26(24)47)4-48-27-21(44)18(41)14(37)10(54-27)5-49-30-25(20(43)13(36)8(3-33)53-30)56-29-23(46)17(40)12(35)7(2-32)52-29/h6-47H,1-5H2/t6-,7-,8-,9-,10-,11-,12-,13-,14-,15-,16+,17+,18+,19+,20+,21+,22+,23+,24+,25+,26+,27+,28-,29-,30+/m1/s1. The largest absolute Gasteiger partial charge is 0.394 e. The van der Waals surface area contributed by atoms with Crippen molar-refractivity contribution in [2.24, 2.45) is 0 Å². The van der Waals surface area contributed by atoms with E-state index in [9.17, 15) is 86.8 Å². The van der Waals surface area contributed by atoms with Crippen molar-refractivity contribution in [1.82, 2.24) is 0 Å². The minimum Gasteiger partial charge on any atom is -0.394 e. The Labute approximate surface area is 316 Å². The Balaban J connectivity index is 1.20. The predicted octanol–water partition coefficient (Wildman–Crippen LogP) is -11.9. The van der Waals surface area contributed by atoms with Crippen LogP contribution in [-0.4, -0.2) is 273 Å². The molecular formula is C30H52O26. The van der Waals surface area contributed by atoms with E-state index in [2.05, 4.69) is 0 Å². The maximum Gasteiger partial charge on any atom is 0.187 e. The highest BCUT2D eigenvalue weighted by Gasteiger charge is 2.54. The molecule has 17 N–H and O–H groups in total. The van der Waals surface area contributed by atoms with Gasteiger partial charge in [0.25, 0.3) is 0 Å². The molecule has 328 valence electrons. The van der Waals surface area contributed by atoms with Crippen LogP contribution in [0, 0.1) is 0 Å². The number of rotatable bonds is 13. The third-order valence-corrected chi connectivity index (χ3v) is 10.3. The molecule has 5 fully saturated rings. The highest BCUT2D eigenvalue weighted by Crippen LogP contribution is 2.32. The van der Waals surface area contributed by atoms with Gasteiger partial charge in [-0.05, 0) is 0 Å². The van der Waals surface area contributed by atoms with E-state index in [1.165, 1.54) is 0 Å². The van der Waals surface area contributed by atoms with E-state index in [-0.39, 0.29) is 0 Å². The van der Waals surface area contributed by atoms with E-state index in [1.807, 2.05) is 0 Å². The van der Waals surface area contributed by atoms with Crippen molar-refractivity contribution in [3.8, 4) is 0 Å². The van der Waals surface area contributed by atoms with Crippen LogP contribution < -0.4 is 0 Å². The van der Waals surface area contributed by atoms with E-state index in [1.54, 1.807) is 0 Å². The molecule has 0 spiro atoms. The van der Waals surface area contributed by atoms with Crippen LogP contribution >= 0.6 is 0 Å². The Kier molecular flexibility index (Phi) is 16.1. The lowest BCUT2D eigenvalue weighted by Gasteiger charge is -2.46. The molecule has 0 aromatic rings. The quantitative estimate of drug-likeness (QED) is 0.0819. The second kappa shape index (κ2) is 19.6. The molecule has 5 heterocycles. The third-order valence-electron chi connectivity index (χ3n) is 10.3. The van der Waals surface area contributed by atoms with Crippen molar-refractivity contribution >= 4 is 0 Å². The van der Waals surface area contributed by atoms with Gasteiger partial charge in [-0.3, -0.25) is 0 Å². The molecule has 26 heteroatoms. The van der Waals surface area contributed by atoms with E-state index >= 15 is 0 Å². The Bertz CT molecular complexity index is 1200. The number of hydrogen-bond acceptors (Lipinski definition) is 26. The summed E-state index contributed by atoms with van der Waals surface area (Å²) in [6.07, 6.45) is -45.2. The molecule has 5 aliphatic heterocycles. The molecule has 0 radical (unpaired) electrons. The summed E-state index contributed by atoms with van der Waals surface area (Å²) in [6.45, 7) is -4.04. The lowest BCUT2D eigenvalue weighted by Crippen LogP contribution is -2.65. The van der Waals surface area contributed by atoms with Crippen molar-refractivity contribution in [2.45, 2.75) is 154 Å². The van der Waals surface area contributed by atoms with Gasteiger partial charge in [-0.25, -0.2) is 0 Å². The van der Waals surface area contributed by atoms with E-state index < -0.39 is 187 Å². The van der Waals surface area contributed by atoms with Crippen LogP contribution in [0.25, 0.3) is 0 Å².